The Bertz CT molecular complexity index is 712. The fourth-order valence-electron chi connectivity index (χ4n) is 1.79. The predicted octanol–water partition coefficient (Wildman–Crippen LogP) is 2.83. The van der Waals surface area contributed by atoms with E-state index < -0.39 is 0 Å². The summed E-state index contributed by atoms with van der Waals surface area (Å²) in [5, 5.41) is 32.1. The first-order valence-electron chi connectivity index (χ1n) is 5.39. The molecular weight excluding hydrogens is 256 g/mol. The first-order valence-corrected chi connectivity index (χ1v) is 6.27. The largest absolute Gasteiger partial charge is 0.356 e. The molecule has 1 aromatic heterocycles. The maximum atomic E-state index is 9.33. The minimum atomic E-state index is -0.0851. The molecule has 1 aromatic rings. The number of thiophene rings is 1. The molecule has 0 fully saturated rings. The Morgan fingerprint density at radius 3 is 2.53 bits per heavy atom. The molecule has 0 unspecified atom stereocenters. The van der Waals surface area contributed by atoms with Gasteiger partial charge in [-0.3, -0.25) is 0 Å². The lowest BCUT2D eigenvalue weighted by molar-refractivity contribution is 0.969. The van der Waals surface area contributed by atoms with E-state index in [4.69, 9.17) is 10.5 Å². The molecule has 5 heteroatoms. The van der Waals surface area contributed by atoms with Gasteiger partial charge >= 0.3 is 0 Å². The van der Waals surface area contributed by atoms with Gasteiger partial charge in [0.2, 0.25) is 0 Å². The predicted molar refractivity (Wildman–Crippen MR) is 72.0 cm³/mol. The van der Waals surface area contributed by atoms with Crippen molar-refractivity contribution in [3.05, 3.63) is 51.0 Å². The number of nitrogens with zero attached hydrogens (tertiary/aromatic N) is 3. The molecule has 90 valence electrons. The highest BCUT2D eigenvalue weighted by molar-refractivity contribution is 7.11. The average molecular weight is 264 g/mol. The van der Waals surface area contributed by atoms with Gasteiger partial charge in [0, 0.05) is 16.1 Å². The molecule has 2 rings (SSSR count). The van der Waals surface area contributed by atoms with E-state index in [0.717, 1.165) is 16.1 Å². The number of rotatable bonds is 1. The normalized spacial score (nSPS) is 13.8. The van der Waals surface area contributed by atoms with Crippen LogP contribution in [0.5, 0.6) is 0 Å². The van der Waals surface area contributed by atoms with Crippen molar-refractivity contribution in [3.63, 3.8) is 0 Å². The summed E-state index contributed by atoms with van der Waals surface area (Å²) < 4.78 is 0. The van der Waals surface area contributed by atoms with Crippen molar-refractivity contribution in [2.45, 2.75) is 6.92 Å². The van der Waals surface area contributed by atoms with Gasteiger partial charge < -0.3 is 5.32 Å². The number of dihydropyridines is 1. The van der Waals surface area contributed by atoms with Gasteiger partial charge in [0.15, 0.2) is 5.57 Å². The number of hydrogen-bond donors (Lipinski definition) is 1. The molecule has 1 aliphatic rings. The molecule has 0 saturated heterocycles. The van der Waals surface area contributed by atoms with Crippen LogP contribution in [0.2, 0.25) is 0 Å². The standard InChI is InChI=1S/C14H8N4S/c1-9-5-11(13-3-2-4-19-13)12(8-17)14(18-9)10(6-15)7-16/h2-5,18H,1H3. The highest BCUT2D eigenvalue weighted by atomic mass is 32.1. The van der Waals surface area contributed by atoms with Crippen molar-refractivity contribution in [1.29, 1.82) is 15.8 Å². The monoisotopic (exact) mass is 264 g/mol. The fourth-order valence-corrected chi connectivity index (χ4v) is 2.53. The molecule has 0 atom stereocenters. The Morgan fingerprint density at radius 1 is 1.26 bits per heavy atom. The van der Waals surface area contributed by atoms with Crippen molar-refractivity contribution in [3.8, 4) is 18.2 Å². The van der Waals surface area contributed by atoms with E-state index in [1.54, 1.807) is 0 Å². The molecule has 0 bridgehead atoms. The van der Waals surface area contributed by atoms with Gasteiger partial charge in [-0.05, 0) is 24.4 Å². The Balaban J connectivity index is 2.75. The summed E-state index contributed by atoms with van der Waals surface area (Å²) in [7, 11) is 0. The maximum absolute atomic E-state index is 9.33. The fraction of sp³-hybridized carbons (Fsp3) is 0.0714. The van der Waals surface area contributed by atoms with E-state index in [1.165, 1.54) is 11.3 Å². The second-order valence-corrected chi connectivity index (χ2v) is 4.75. The molecule has 0 aromatic carbocycles. The molecule has 0 aliphatic carbocycles. The number of nitriles is 3. The molecule has 0 amide bonds. The molecular formula is C14H8N4S. The highest BCUT2D eigenvalue weighted by Crippen LogP contribution is 2.32. The van der Waals surface area contributed by atoms with Crippen molar-refractivity contribution in [2.24, 2.45) is 0 Å². The molecule has 0 radical (unpaired) electrons. The van der Waals surface area contributed by atoms with Crippen LogP contribution in [-0.2, 0) is 0 Å². The summed E-state index contributed by atoms with van der Waals surface area (Å²) in [6.07, 6.45) is 1.85. The van der Waals surface area contributed by atoms with Crippen LogP contribution in [0.1, 0.15) is 11.8 Å². The summed E-state index contributed by atoms with van der Waals surface area (Å²) in [5.74, 6) is 0. The Morgan fingerprint density at radius 2 is 2.00 bits per heavy atom. The Hall–Kier alpha value is -2.81. The second-order valence-electron chi connectivity index (χ2n) is 3.80. The average Bonchev–Trinajstić information content (AvgIpc) is 2.93. The third kappa shape index (κ3) is 2.26. The van der Waals surface area contributed by atoms with E-state index in [9.17, 15) is 5.26 Å². The van der Waals surface area contributed by atoms with Gasteiger partial charge in [-0.1, -0.05) is 6.07 Å². The van der Waals surface area contributed by atoms with Crippen molar-refractivity contribution < 1.29 is 0 Å². The first-order chi connectivity index (χ1) is 9.21. The highest BCUT2D eigenvalue weighted by Gasteiger charge is 2.21. The summed E-state index contributed by atoms with van der Waals surface area (Å²) in [5.41, 5.74) is 2.06. The summed E-state index contributed by atoms with van der Waals surface area (Å²) >= 11 is 1.51. The van der Waals surface area contributed by atoms with Crippen LogP contribution in [0.15, 0.2) is 46.1 Å². The lowest BCUT2D eigenvalue weighted by atomic mass is 9.97. The maximum Gasteiger partial charge on any atom is 0.154 e. The quantitative estimate of drug-likeness (QED) is 0.790. The van der Waals surface area contributed by atoms with E-state index in [2.05, 4.69) is 11.4 Å². The molecule has 1 N–H and O–H groups in total. The van der Waals surface area contributed by atoms with Crippen molar-refractivity contribution >= 4 is 16.9 Å². The molecule has 19 heavy (non-hydrogen) atoms. The van der Waals surface area contributed by atoms with Crippen LogP contribution in [0.3, 0.4) is 0 Å². The van der Waals surface area contributed by atoms with Gasteiger partial charge in [-0.25, -0.2) is 0 Å². The third-order valence-electron chi connectivity index (χ3n) is 2.57. The van der Waals surface area contributed by atoms with Crippen LogP contribution in [-0.4, -0.2) is 0 Å². The van der Waals surface area contributed by atoms with Crippen LogP contribution >= 0.6 is 11.3 Å². The lowest BCUT2D eigenvalue weighted by Crippen LogP contribution is -2.19. The van der Waals surface area contributed by atoms with Crippen LogP contribution < -0.4 is 5.32 Å². The first kappa shape index (κ1) is 12.6. The number of hydrogen-bond acceptors (Lipinski definition) is 5. The zero-order valence-electron chi connectivity index (χ0n) is 10.1. The molecule has 4 nitrogen and oxygen atoms in total. The SMILES string of the molecule is CC1=CC(c2cccs2)=C(C#N)C(=C(C#N)C#N)N1. The van der Waals surface area contributed by atoms with Gasteiger partial charge in [-0.15, -0.1) is 11.3 Å². The Labute approximate surface area is 114 Å². The van der Waals surface area contributed by atoms with Gasteiger partial charge in [0.1, 0.15) is 18.2 Å². The Kier molecular flexibility index (Phi) is 3.48. The smallest absolute Gasteiger partial charge is 0.154 e. The van der Waals surface area contributed by atoms with Crippen molar-refractivity contribution in [1.82, 2.24) is 5.32 Å². The number of allylic oxidation sites excluding steroid dienone is 5. The van der Waals surface area contributed by atoms with Crippen LogP contribution in [0.25, 0.3) is 5.57 Å². The third-order valence-corrected chi connectivity index (χ3v) is 3.48. The van der Waals surface area contributed by atoms with Crippen LogP contribution in [0.4, 0.5) is 0 Å². The lowest BCUT2D eigenvalue weighted by Gasteiger charge is -2.18. The number of nitrogens with one attached hydrogen (secondary N) is 1. The molecule has 1 aliphatic heterocycles. The minimum absolute atomic E-state index is 0.0851. The van der Waals surface area contributed by atoms with E-state index >= 15 is 0 Å². The van der Waals surface area contributed by atoms with Gasteiger partial charge in [-0.2, -0.15) is 15.8 Å². The van der Waals surface area contributed by atoms with Crippen molar-refractivity contribution in [2.75, 3.05) is 0 Å². The van der Waals surface area contributed by atoms with E-state index in [-0.39, 0.29) is 11.3 Å². The minimum Gasteiger partial charge on any atom is -0.356 e. The summed E-state index contributed by atoms with van der Waals surface area (Å²) in [6, 6.07) is 9.52. The molecule has 2 heterocycles. The summed E-state index contributed by atoms with van der Waals surface area (Å²) in [4.78, 5) is 0.935. The van der Waals surface area contributed by atoms with E-state index in [0.29, 0.717) is 5.57 Å². The summed E-state index contributed by atoms with van der Waals surface area (Å²) in [6.45, 7) is 1.83. The van der Waals surface area contributed by atoms with Gasteiger partial charge in [0.25, 0.3) is 0 Å². The second kappa shape index (κ2) is 5.23. The zero-order chi connectivity index (χ0) is 13.8. The van der Waals surface area contributed by atoms with Gasteiger partial charge in [0.05, 0.1) is 11.3 Å². The zero-order valence-corrected chi connectivity index (χ0v) is 10.9. The molecule has 0 spiro atoms. The molecule has 0 saturated carbocycles. The van der Waals surface area contributed by atoms with Crippen LogP contribution in [0, 0.1) is 34.0 Å². The topological polar surface area (TPSA) is 83.4 Å². The van der Waals surface area contributed by atoms with E-state index in [1.807, 2.05) is 42.7 Å².